The van der Waals surface area contributed by atoms with Crippen LogP contribution in [-0.2, 0) is 0 Å². The number of nitrogens with zero attached hydrogens (tertiary/aromatic N) is 2. The molecule has 13 aromatic carbocycles. The molecule has 0 saturated heterocycles. The van der Waals surface area contributed by atoms with E-state index in [9.17, 15) is 0 Å². The van der Waals surface area contributed by atoms with E-state index in [1.807, 2.05) is 69.3 Å². The van der Waals surface area contributed by atoms with Gasteiger partial charge in [-0.1, -0.05) is 267 Å². The molecule has 0 amide bonds. The Balaban J connectivity index is 0.000000690. The zero-order chi connectivity index (χ0) is 61.3. The lowest BCUT2D eigenvalue weighted by Crippen LogP contribution is -2.09. The number of fused-ring (bicyclic) bond motifs is 3. The lowest BCUT2D eigenvalue weighted by molar-refractivity contribution is 0.620. The molecule has 0 N–H and O–H groups in total. The Morgan fingerprint density at radius 1 is 0.303 bits per heavy atom. The summed E-state index contributed by atoms with van der Waals surface area (Å²) < 4.78 is 6.11. The highest BCUT2D eigenvalue weighted by Crippen LogP contribution is 2.42. The fourth-order valence-electron chi connectivity index (χ4n) is 11.2. The number of rotatable bonds is 12. The molecule has 0 fully saturated rings. The third-order valence-corrected chi connectivity index (χ3v) is 15.8. The number of para-hydroxylation sites is 2. The Hall–Kier alpha value is -11.4. The van der Waals surface area contributed by atoms with E-state index in [2.05, 4.69) is 304 Å². The summed E-state index contributed by atoms with van der Waals surface area (Å²) in [5.74, 6) is 0.621. The van der Waals surface area contributed by atoms with Gasteiger partial charge in [0.25, 0.3) is 0 Å². The molecule has 0 radical (unpaired) electrons. The van der Waals surface area contributed by atoms with Crippen molar-refractivity contribution in [3.8, 4) is 89.3 Å². The predicted octanol–water partition coefficient (Wildman–Crippen LogP) is 25.1. The van der Waals surface area contributed by atoms with E-state index >= 15 is 0 Å². The fourth-order valence-corrected chi connectivity index (χ4v) is 11.2. The highest BCUT2D eigenvalue weighted by Gasteiger charge is 2.18. The maximum atomic E-state index is 6.11. The summed E-state index contributed by atoms with van der Waals surface area (Å²) in [4.78, 5) is 7.10. The van der Waals surface area contributed by atoms with Crippen molar-refractivity contribution >= 4 is 49.7 Å². The molecule has 0 bridgehead atoms. The molecule has 0 unspecified atom stereocenters. The van der Waals surface area contributed by atoms with Crippen LogP contribution in [0, 0.1) is 0 Å². The van der Waals surface area contributed by atoms with Crippen molar-refractivity contribution < 1.29 is 4.42 Å². The van der Waals surface area contributed by atoms with Crippen LogP contribution in [0.5, 0.6) is 0 Å². The van der Waals surface area contributed by atoms with Gasteiger partial charge in [-0.3, -0.25) is 0 Å². The van der Waals surface area contributed by atoms with E-state index < -0.39 is 0 Å². The molecule has 89 heavy (non-hydrogen) atoms. The minimum Gasteiger partial charge on any atom is -0.436 e. The van der Waals surface area contributed by atoms with Crippen LogP contribution in [0.25, 0.3) is 122 Å². The molecule has 0 atom stereocenters. The highest BCUT2D eigenvalue weighted by molar-refractivity contribution is 5.94. The topological polar surface area (TPSA) is 29.3 Å². The van der Waals surface area contributed by atoms with Crippen LogP contribution in [-0.4, -0.2) is 4.98 Å². The molecule has 14 rings (SSSR count). The normalized spacial score (nSPS) is 10.9. The molecule has 3 heteroatoms. The maximum Gasteiger partial charge on any atom is 0.227 e. The van der Waals surface area contributed by atoms with Crippen LogP contribution >= 0.6 is 0 Å². The summed E-state index contributed by atoms with van der Waals surface area (Å²) in [7, 11) is 0. The number of oxazole rings is 1. The van der Waals surface area contributed by atoms with Gasteiger partial charge in [-0.05, 0) is 193 Å². The van der Waals surface area contributed by atoms with Crippen LogP contribution in [0.3, 0.4) is 0 Å². The Labute approximate surface area is 524 Å². The summed E-state index contributed by atoms with van der Waals surface area (Å²) in [5.41, 5.74) is 22.2. The summed E-state index contributed by atoms with van der Waals surface area (Å²) in [5, 5.41) is 5.00. The predicted molar refractivity (Wildman–Crippen MR) is 384 cm³/mol. The van der Waals surface area contributed by atoms with Crippen LogP contribution < -0.4 is 4.90 Å². The first kappa shape index (κ1) is 59.3. The van der Waals surface area contributed by atoms with E-state index in [0.717, 1.165) is 67.1 Å². The second kappa shape index (κ2) is 28.7. The molecule has 0 saturated carbocycles. The first-order chi connectivity index (χ1) is 43.9. The maximum absolute atomic E-state index is 6.11. The van der Waals surface area contributed by atoms with Crippen molar-refractivity contribution in [3.63, 3.8) is 0 Å². The number of aromatic nitrogens is 1. The number of hydrogen-bond acceptors (Lipinski definition) is 3. The monoisotopic (exact) mass is 1150 g/mol. The lowest BCUT2D eigenvalue weighted by atomic mass is 9.89. The molecule has 0 aliphatic rings. The molecule has 0 aliphatic heterocycles. The Morgan fingerprint density at radius 3 is 1.00 bits per heavy atom. The first-order valence-electron chi connectivity index (χ1n) is 30.2. The van der Waals surface area contributed by atoms with Gasteiger partial charge in [0.15, 0.2) is 5.58 Å². The summed E-state index contributed by atoms with van der Waals surface area (Å²) in [6.07, 6.45) is 9.58. The second-order valence-electron chi connectivity index (χ2n) is 21.3. The quantitative estimate of drug-likeness (QED) is 0.0902. The van der Waals surface area contributed by atoms with Crippen molar-refractivity contribution in [2.75, 3.05) is 4.90 Å². The Bertz CT molecular complexity index is 4500. The van der Waals surface area contributed by atoms with Crippen LogP contribution in [0.15, 0.2) is 358 Å². The molecule has 1 aromatic heterocycles. The summed E-state index contributed by atoms with van der Waals surface area (Å²) in [6, 6.07) is 109. The highest BCUT2D eigenvalue weighted by atomic mass is 16.3. The molecule has 3 nitrogen and oxygen atoms in total. The van der Waals surface area contributed by atoms with E-state index in [1.165, 1.54) is 66.1 Å². The first-order valence-corrected chi connectivity index (χ1v) is 30.2. The SMILES string of the molecule is C/C=C\C.C=C.C=C/C=C\C.c1ccc(-c2ccccc2-c2ccc(N(c3ccc(-c4ccc(-c5ccc6ccccc6c5)cc4)cc3)c3ccc(-c4ccc(-c5ccc6ccccc6c5)cc4)cc3)cc2)c(-c2ccc(-c3nc4ccccc4o3)cc2)c1. The minimum absolute atomic E-state index is 0.621. The van der Waals surface area contributed by atoms with Gasteiger partial charge in [0, 0.05) is 22.6 Å². The zero-order valence-electron chi connectivity index (χ0n) is 50.7. The van der Waals surface area contributed by atoms with Gasteiger partial charge in [0.05, 0.1) is 0 Å². The molecule has 0 spiro atoms. The van der Waals surface area contributed by atoms with Crippen molar-refractivity contribution in [3.05, 3.63) is 353 Å². The van der Waals surface area contributed by atoms with E-state index in [4.69, 9.17) is 9.40 Å². The van der Waals surface area contributed by atoms with Gasteiger partial charge < -0.3 is 9.32 Å². The van der Waals surface area contributed by atoms with Crippen molar-refractivity contribution in [1.29, 1.82) is 0 Å². The van der Waals surface area contributed by atoms with Crippen molar-refractivity contribution in [2.24, 2.45) is 0 Å². The molecule has 0 aliphatic carbocycles. The largest absolute Gasteiger partial charge is 0.436 e. The van der Waals surface area contributed by atoms with Crippen molar-refractivity contribution in [1.82, 2.24) is 4.98 Å². The smallest absolute Gasteiger partial charge is 0.227 e. The van der Waals surface area contributed by atoms with Crippen LogP contribution in [0.1, 0.15) is 20.8 Å². The van der Waals surface area contributed by atoms with Gasteiger partial charge in [-0.15, -0.1) is 13.2 Å². The van der Waals surface area contributed by atoms with E-state index in [0.29, 0.717) is 5.89 Å². The molecule has 1 heterocycles. The van der Waals surface area contributed by atoms with Gasteiger partial charge >= 0.3 is 0 Å². The second-order valence-corrected chi connectivity index (χ2v) is 21.3. The lowest BCUT2D eigenvalue weighted by Gasteiger charge is -2.26. The third-order valence-electron chi connectivity index (χ3n) is 15.8. The van der Waals surface area contributed by atoms with Crippen molar-refractivity contribution in [2.45, 2.75) is 20.8 Å². The zero-order valence-corrected chi connectivity index (χ0v) is 50.7. The average molecular weight is 1150 g/mol. The summed E-state index contributed by atoms with van der Waals surface area (Å²) >= 11 is 0. The molecule has 430 valence electrons. The molecular weight excluding hydrogens is 1080 g/mol. The van der Waals surface area contributed by atoms with Crippen LogP contribution in [0.2, 0.25) is 0 Å². The fraction of sp³-hybridized carbons (Fsp3) is 0.0349. The average Bonchev–Trinajstić information content (AvgIpc) is 3.53. The number of benzene rings is 13. The number of hydrogen-bond donors (Lipinski definition) is 0. The standard InChI is InChI=1S/C75H50N2O.C5H8.C4H8.C2H4/c1-3-13-62-49-64(35-29-51(62)11-1)57-25-21-53(22-26-57)55-37-43-66(44-38-55)77(67-45-39-56(40-46-67)54-23-27-58(28-24-54)65-36-30-52-12-2-4-14-63(52)50-65)68-47-41-60(42-48-68)70-16-6-8-18-72(70)71-17-7-5-15-69(71)59-31-33-61(34-32-59)75-76-73-19-9-10-20-74(73)78-75;1-3-5-4-2;1-3-4-2;1-2/h1-50H;3-5H,1H2,2H3;3-4H,1-2H3;1-2H2/b;5-4-;4-3-;. The van der Waals surface area contributed by atoms with E-state index in [-0.39, 0.29) is 0 Å². The summed E-state index contributed by atoms with van der Waals surface area (Å²) in [6.45, 7) is 15.4. The third kappa shape index (κ3) is 13.7. The van der Waals surface area contributed by atoms with Gasteiger partial charge in [0.1, 0.15) is 5.52 Å². The Morgan fingerprint density at radius 2 is 0.618 bits per heavy atom. The number of anilines is 3. The minimum atomic E-state index is 0.621. The Kier molecular flexibility index (Phi) is 19.1. The number of allylic oxidation sites excluding steroid dienone is 5. The molecular formula is C86H70N2O. The van der Waals surface area contributed by atoms with Gasteiger partial charge in [-0.25, -0.2) is 4.98 Å². The van der Waals surface area contributed by atoms with Gasteiger partial charge in [-0.2, -0.15) is 0 Å². The molecule has 14 aromatic rings. The van der Waals surface area contributed by atoms with E-state index in [1.54, 1.807) is 6.08 Å². The van der Waals surface area contributed by atoms with Gasteiger partial charge in [0.2, 0.25) is 5.89 Å². The van der Waals surface area contributed by atoms with Crippen LogP contribution in [0.4, 0.5) is 17.1 Å².